The molecule has 0 saturated carbocycles. The standard InChI is InChI=1S/CH2O3.2H4N2.H2O/c2-1(3)4;2*1-2;/h(H2,2,3,4);2*1-2H2;1H2. The summed E-state index contributed by atoms with van der Waals surface area (Å²) in [5, 5.41) is 13.9. The van der Waals surface area contributed by atoms with Crippen LogP contribution >= 0.6 is 0 Å². The lowest BCUT2D eigenvalue weighted by Crippen LogP contribution is -2.02. The molecule has 0 bridgehead atoms. The number of carboxylic acid groups (broad SMARTS) is 2. The van der Waals surface area contributed by atoms with Crippen molar-refractivity contribution in [2.75, 3.05) is 0 Å². The summed E-state index contributed by atoms with van der Waals surface area (Å²) in [6.45, 7) is 0. The third-order valence-corrected chi connectivity index (χ3v) is 0. The molecule has 60 valence electrons. The summed E-state index contributed by atoms with van der Waals surface area (Å²) in [6.07, 6.45) is -1.83. The molecule has 8 heteroatoms. The second-order valence-corrected chi connectivity index (χ2v) is 0.283. The van der Waals surface area contributed by atoms with E-state index in [1.165, 1.54) is 0 Å². The van der Waals surface area contributed by atoms with E-state index in [-0.39, 0.29) is 5.48 Å². The van der Waals surface area contributed by atoms with Crippen LogP contribution in [0.4, 0.5) is 4.79 Å². The van der Waals surface area contributed by atoms with Crippen molar-refractivity contribution in [2.45, 2.75) is 0 Å². The molecule has 0 heterocycles. The number of carbonyl (C=O) groups is 1. The highest BCUT2D eigenvalue weighted by Crippen LogP contribution is 1.42. The average molecular weight is 144 g/mol. The fraction of sp³-hybridized carbons (Fsp3) is 0. The zero-order valence-electron chi connectivity index (χ0n) is 4.61. The minimum absolute atomic E-state index is 0. The first-order chi connectivity index (χ1) is 3.73. The summed E-state index contributed by atoms with van der Waals surface area (Å²) in [5.74, 6) is 16.0. The highest BCUT2D eigenvalue weighted by molar-refractivity contribution is 5.53. The smallest absolute Gasteiger partial charge is 0.450 e. The maximum atomic E-state index is 8.56. The molecule has 9 heavy (non-hydrogen) atoms. The maximum Gasteiger partial charge on any atom is 0.503 e. The van der Waals surface area contributed by atoms with Gasteiger partial charge in [-0.3, -0.25) is 23.4 Å². The van der Waals surface area contributed by atoms with Crippen LogP contribution in [0, 0.1) is 0 Å². The van der Waals surface area contributed by atoms with Crippen molar-refractivity contribution in [3.8, 4) is 0 Å². The molecule has 0 aromatic rings. The van der Waals surface area contributed by atoms with E-state index in [9.17, 15) is 0 Å². The highest BCUT2D eigenvalue weighted by Gasteiger charge is 1.70. The largest absolute Gasteiger partial charge is 0.503 e. The second kappa shape index (κ2) is 60.8. The molecule has 0 atom stereocenters. The van der Waals surface area contributed by atoms with E-state index >= 15 is 0 Å². The van der Waals surface area contributed by atoms with E-state index in [4.69, 9.17) is 15.0 Å². The van der Waals surface area contributed by atoms with Crippen LogP contribution in [0.3, 0.4) is 0 Å². The highest BCUT2D eigenvalue weighted by atomic mass is 16.6. The van der Waals surface area contributed by atoms with Gasteiger partial charge in [-0.1, -0.05) is 0 Å². The summed E-state index contributed by atoms with van der Waals surface area (Å²) in [6, 6.07) is 0. The van der Waals surface area contributed by atoms with Gasteiger partial charge in [-0.25, -0.2) is 4.79 Å². The van der Waals surface area contributed by atoms with E-state index in [0.717, 1.165) is 0 Å². The fourth-order valence-electron chi connectivity index (χ4n) is 0. The van der Waals surface area contributed by atoms with Gasteiger partial charge in [0.25, 0.3) is 0 Å². The Morgan fingerprint density at radius 3 is 1.00 bits per heavy atom. The van der Waals surface area contributed by atoms with Gasteiger partial charge in [-0.05, 0) is 0 Å². The van der Waals surface area contributed by atoms with E-state index in [0.29, 0.717) is 0 Å². The number of rotatable bonds is 0. The minimum Gasteiger partial charge on any atom is -0.450 e. The van der Waals surface area contributed by atoms with Crippen LogP contribution in [-0.2, 0) is 0 Å². The Kier molecular flexibility index (Phi) is 164. The van der Waals surface area contributed by atoms with E-state index < -0.39 is 6.16 Å². The predicted molar refractivity (Wildman–Crippen MR) is 31.0 cm³/mol. The van der Waals surface area contributed by atoms with Crippen LogP contribution in [0.5, 0.6) is 0 Å². The van der Waals surface area contributed by atoms with Crippen molar-refractivity contribution in [3.05, 3.63) is 0 Å². The van der Waals surface area contributed by atoms with Crippen molar-refractivity contribution >= 4 is 6.16 Å². The van der Waals surface area contributed by atoms with E-state index in [2.05, 4.69) is 23.4 Å². The van der Waals surface area contributed by atoms with Crippen LogP contribution in [0.15, 0.2) is 0 Å². The zero-order chi connectivity index (χ0) is 7.58. The summed E-state index contributed by atoms with van der Waals surface area (Å²) in [4.78, 5) is 8.56. The van der Waals surface area contributed by atoms with Crippen LogP contribution < -0.4 is 23.4 Å². The third kappa shape index (κ3) is 210. The van der Waals surface area contributed by atoms with Crippen LogP contribution in [0.25, 0.3) is 0 Å². The Bertz CT molecular complexity index is 35.5. The van der Waals surface area contributed by atoms with Crippen LogP contribution in [0.2, 0.25) is 0 Å². The van der Waals surface area contributed by atoms with Crippen LogP contribution in [0.1, 0.15) is 0 Å². The number of hydrazine groups is 2. The van der Waals surface area contributed by atoms with Gasteiger partial charge in [-0.15, -0.1) is 0 Å². The first-order valence-electron chi connectivity index (χ1n) is 1.32. The Labute approximate surface area is 51.3 Å². The summed E-state index contributed by atoms with van der Waals surface area (Å²) < 4.78 is 0. The van der Waals surface area contributed by atoms with Gasteiger partial charge in [-0.2, -0.15) is 0 Å². The lowest BCUT2D eigenvalue weighted by Gasteiger charge is -1.60. The number of nitrogens with two attached hydrogens (primary N) is 4. The molecule has 0 unspecified atom stereocenters. The summed E-state index contributed by atoms with van der Waals surface area (Å²) in [5.41, 5.74) is 0. The molecule has 0 aromatic heterocycles. The number of hydrogen-bond acceptors (Lipinski definition) is 5. The minimum atomic E-state index is -1.83. The van der Waals surface area contributed by atoms with Gasteiger partial charge < -0.3 is 15.7 Å². The molecule has 0 amide bonds. The van der Waals surface area contributed by atoms with E-state index in [1.807, 2.05) is 0 Å². The lowest BCUT2D eigenvalue weighted by molar-refractivity contribution is 0.137. The Balaban J connectivity index is -0.0000000221. The predicted octanol–water partition coefficient (Wildman–Crippen LogP) is -2.96. The van der Waals surface area contributed by atoms with Gasteiger partial charge in [0.05, 0.1) is 0 Å². The molecule has 0 spiro atoms. The SMILES string of the molecule is NN.NN.O.O=C(O)O. The molecule has 12 N–H and O–H groups in total. The quantitative estimate of drug-likeness (QED) is 0.154. The molecule has 0 aliphatic carbocycles. The first-order valence-corrected chi connectivity index (χ1v) is 1.32. The second-order valence-electron chi connectivity index (χ2n) is 0.283. The monoisotopic (exact) mass is 144 g/mol. The molecular weight excluding hydrogens is 132 g/mol. The third-order valence-electron chi connectivity index (χ3n) is 0. The van der Waals surface area contributed by atoms with Crippen molar-refractivity contribution in [2.24, 2.45) is 23.4 Å². The summed E-state index contributed by atoms with van der Waals surface area (Å²) >= 11 is 0. The fourth-order valence-corrected chi connectivity index (χ4v) is 0. The van der Waals surface area contributed by atoms with Crippen molar-refractivity contribution < 1.29 is 20.5 Å². The van der Waals surface area contributed by atoms with Crippen LogP contribution in [-0.4, -0.2) is 21.8 Å². The molecule has 0 aromatic carbocycles. The number of hydrogen-bond donors (Lipinski definition) is 6. The molecule has 0 aliphatic heterocycles. The van der Waals surface area contributed by atoms with Gasteiger partial charge in [0, 0.05) is 0 Å². The lowest BCUT2D eigenvalue weighted by atomic mass is 11.5. The zero-order valence-corrected chi connectivity index (χ0v) is 4.61. The summed E-state index contributed by atoms with van der Waals surface area (Å²) in [7, 11) is 0. The topological polar surface area (TPSA) is 193 Å². The van der Waals surface area contributed by atoms with Gasteiger partial charge >= 0.3 is 6.16 Å². The first kappa shape index (κ1) is 24.4. The molecule has 8 nitrogen and oxygen atoms in total. The molecule has 0 aliphatic rings. The van der Waals surface area contributed by atoms with Gasteiger partial charge in [0.1, 0.15) is 0 Å². The van der Waals surface area contributed by atoms with Gasteiger partial charge in [0.2, 0.25) is 0 Å². The maximum absolute atomic E-state index is 8.56. The van der Waals surface area contributed by atoms with Crippen molar-refractivity contribution in [3.63, 3.8) is 0 Å². The molecule has 0 fully saturated rings. The van der Waals surface area contributed by atoms with Gasteiger partial charge in [0.15, 0.2) is 0 Å². The van der Waals surface area contributed by atoms with Crippen molar-refractivity contribution in [1.29, 1.82) is 0 Å². The van der Waals surface area contributed by atoms with Crippen molar-refractivity contribution in [1.82, 2.24) is 0 Å². The Hall–Kier alpha value is -0.930. The normalized spacial score (nSPS) is 4.00. The molecule has 0 rings (SSSR count). The average Bonchev–Trinajstić information content (AvgIpc) is 1.75. The Morgan fingerprint density at radius 2 is 1.00 bits per heavy atom. The molecule has 0 saturated heterocycles. The Morgan fingerprint density at radius 1 is 1.00 bits per heavy atom. The molecule has 0 radical (unpaired) electrons. The van der Waals surface area contributed by atoms with E-state index in [1.54, 1.807) is 0 Å². The molecular formula is CH12N4O4.